The third-order valence-corrected chi connectivity index (χ3v) is 2.28. The molecular formula is C10H11FN4. The highest BCUT2D eigenvalue weighted by molar-refractivity contribution is 5.23. The molecule has 15 heavy (non-hydrogen) atoms. The maximum atomic E-state index is 13.4. The van der Waals surface area contributed by atoms with Gasteiger partial charge in [-0.15, -0.1) is 0 Å². The third-order valence-electron chi connectivity index (χ3n) is 2.28. The van der Waals surface area contributed by atoms with E-state index < -0.39 is 11.9 Å². The Labute approximate surface area is 86.6 Å². The zero-order valence-corrected chi connectivity index (χ0v) is 8.26. The number of nitrogens with two attached hydrogens (primary N) is 1. The SMILES string of the molecule is Cn1ccnc1C(N)c1ccncc1F. The molecule has 0 saturated carbocycles. The van der Waals surface area contributed by atoms with E-state index in [0.717, 1.165) is 6.20 Å². The fourth-order valence-corrected chi connectivity index (χ4v) is 1.45. The Morgan fingerprint density at radius 2 is 2.27 bits per heavy atom. The predicted octanol–water partition coefficient (Wildman–Crippen LogP) is 1.00. The molecule has 1 atom stereocenters. The first-order valence-corrected chi connectivity index (χ1v) is 4.52. The van der Waals surface area contributed by atoms with Gasteiger partial charge in [-0.25, -0.2) is 9.37 Å². The van der Waals surface area contributed by atoms with Crippen LogP contribution < -0.4 is 5.73 Å². The lowest BCUT2D eigenvalue weighted by molar-refractivity contribution is 0.582. The van der Waals surface area contributed by atoms with E-state index in [1.54, 1.807) is 23.0 Å². The fraction of sp³-hybridized carbons (Fsp3) is 0.200. The average Bonchev–Trinajstić information content (AvgIpc) is 2.64. The Balaban J connectivity index is 2.41. The Morgan fingerprint density at radius 3 is 2.87 bits per heavy atom. The lowest BCUT2D eigenvalue weighted by Crippen LogP contribution is -2.18. The molecule has 0 saturated heterocycles. The molecule has 0 spiro atoms. The van der Waals surface area contributed by atoms with Gasteiger partial charge in [0.05, 0.1) is 12.2 Å². The number of imidazole rings is 1. The molecule has 78 valence electrons. The molecular weight excluding hydrogens is 195 g/mol. The molecule has 2 heterocycles. The van der Waals surface area contributed by atoms with Gasteiger partial charge in [0.15, 0.2) is 0 Å². The Bertz CT molecular complexity index is 466. The summed E-state index contributed by atoms with van der Waals surface area (Å²) in [4.78, 5) is 7.76. The number of aryl methyl sites for hydroxylation is 1. The summed E-state index contributed by atoms with van der Waals surface area (Å²) in [7, 11) is 1.82. The summed E-state index contributed by atoms with van der Waals surface area (Å²) in [6, 6.07) is 1.00. The smallest absolute Gasteiger partial charge is 0.146 e. The summed E-state index contributed by atoms with van der Waals surface area (Å²) in [6.07, 6.45) is 6.07. The van der Waals surface area contributed by atoms with Crippen molar-refractivity contribution in [1.82, 2.24) is 14.5 Å². The molecule has 2 N–H and O–H groups in total. The molecule has 2 aromatic rings. The number of nitrogens with zero attached hydrogens (tertiary/aromatic N) is 3. The van der Waals surface area contributed by atoms with Crippen LogP contribution in [0.2, 0.25) is 0 Å². The van der Waals surface area contributed by atoms with Crippen molar-refractivity contribution in [3.8, 4) is 0 Å². The van der Waals surface area contributed by atoms with Crippen LogP contribution in [0.5, 0.6) is 0 Å². The van der Waals surface area contributed by atoms with Gasteiger partial charge in [0.1, 0.15) is 11.6 Å². The second-order valence-corrected chi connectivity index (χ2v) is 3.27. The molecule has 0 amide bonds. The summed E-state index contributed by atoms with van der Waals surface area (Å²) in [5, 5.41) is 0. The van der Waals surface area contributed by atoms with Crippen molar-refractivity contribution in [2.75, 3.05) is 0 Å². The zero-order chi connectivity index (χ0) is 10.8. The molecule has 0 aliphatic rings. The molecule has 2 aromatic heterocycles. The quantitative estimate of drug-likeness (QED) is 0.797. The Morgan fingerprint density at radius 1 is 1.47 bits per heavy atom. The monoisotopic (exact) mass is 206 g/mol. The second-order valence-electron chi connectivity index (χ2n) is 3.27. The highest BCUT2D eigenvalue weighted by Gasteiger charge is 2.16. The zero-order valence-electron chi connectivity index (χ0n) is 8.26. The predicted molar refractivity (Wildman–Crippen MR) is 53.4 cm³/mol. The first kappa shape index (κ1) is 9.79. The van der Waals surface area contributed by atoms with E-state index >= 15 is 0 Å². The number of hydrogen-bond acceptors (Lipinski definition) is 3. The summed E-state index contributed by atoms with van der Waals surface area (Å²) >= 11 is 0. The van der Waals surface area contributed by atoms with Crippen LogP contribution in [-0.4, -0.2) is 14.5 Å². The maximum absolute atomic E-state index is 13.4. The molecule has 0 bridgehead atoms. The number of hydrogen-bond donors (Lipinski definition) is 1. The van der Waals surface area contributed by atoms with E-state index in [1.807, 2.05) is 7.05 Å². The number of aromatic nitrogens is 3. The van der Waals surface area contributed by atoms with Gasteiger partial charge in [-0.05, 0) is 6.07 Å². The molecule has 0 aromatic carbocycles. The first-order chi connectivity index (χ1) is 7.20. The molecule has 0 fully saturated rings. The van der Waals surface area contributed by atoms with Gasteiger partial charge in [0, 0.05) is 31.2 Å². The minimum Gasteiger partial charge on any atom is -0.336 e. The van der Waals surface area contributed by atoms with Crippen molar-refractivity contribution < 1.29 is 4.39 Å². The minimum atomic E-state index is -0.562. The molecule has 2 rings (SSSR count). The van der Waals surface area contributed by atoms with Gasteiger partial charge in [-0.2, -0.15) is 0 Å². The summed E-state index contributed by atoms with van der Waals surface area (Å²) in [6.45, 7) is 0. The van der Waals surface area contributed by atoms with Crippen LogP contribution in [0.1, 0.15) is 17.4 Å². The topological polar surface area (TPSA) is 56.7 Å². The molecule has 0 aliphatic heterocycles. The van der Waals surface area contributed by atoms with Crippen LogP contribution in [0.3, 0.4) is 0 Å². The van der Waals surface area contributed by atoms with Crippen molar-refractivity contribution in [2.45, 2.75) is 6.04 Å². The van der Waals surface area contributed by atoms with E-state index in [4.69, 9.17) is 5.73 Å². The number of halogens is 1. The average molecular weight is 206 g/mol. The Hall–Kier alpha value is -1.75. The summed E-state index contributed by atoms with van der Waals surface area (Å²) < 4.78 is 15.2. The standard InChI is InChI=1S/C10H11FN4/c1-15-5-4-14-10(15)9(12)7-2-3-13-6-8(7)11/h2-6,9H,12H2,1H3. The first-order valence-electron chi connectivity index (χ1n) is 4.52. The van der Waals surface area contributed by atoms with Crippen LogP contribution in [0, 0.1) is 5.82 Å². The minimum absolute atomic E-state index is 0.402. The molecule has 4 nitrogen and oxygen atoms in total. The van der Waals surface area contributed by atoms with Crippen molar-refractivity contribution in [1.29, 1.82) is 0 Å². The largest absolute Gasteiger partial charge is 0.336 e. The normalized spacial score (nSPS) is 12.7. The van der Waals surface area contributed by atoms with Gasteiger partial charge in [0.2, 0.25) is 0 Å². The van der Waals surface area contributed by atoms with Gasteiger partial charge >= 0.3 is 0 Å². The van der Waals surface area contributed by atoms with E-state index in [0.29, 0.717) is 11.4 Å². The molecule has 5 heteroatoms. The molecule has 1 unspecified atom stereocenters. The van der Waals surface area contributed by atoms with Gasteiger partial charge in [0.25, 0.3) is 0 Å². The molecule has 0 aliphatic carbocycles. The highest BCUT2D eigenvalue weighted by atomic mass is 19.1. The van der Waals surface area contributed by atoms with E-state index in [-0.39, 0.29) is 0 Å². The Kier molecular flexibility index (Phi) is 2.47. The molecule has 0 radical (unpaired) electrons. The van der Waals surface area contributed by atoms with E-state index in [9.17, 15) is 4.39 Å². The van der Waals surface area contributed by atoms with Crippen LogP contribution in [0.4, 0.5) is 4.39 Å². The van der Waals surface area contributed by atoms with Gasteiger partial charge in [-0.1, -0.05) is 0 Å². The van der Waals surface area contributed by atoms with Crippen LogP contribution in [0.15, 0.2) is 30.9 Å². The van der Waals surface area contributed by atoms with Crippen molar-refractivity contribution in [3.63, 3.8) is 0 Å². The van der Waals surface area contributed by atoms with Crippen LogP contribution >= 0.6 is 0 Å². The lowest BCUT2D eigenvalue weighted by atomic mass is 10.1. The van der Waals surface area contributed by atoms with Crippen molar-refractivity contribution in [2.24, 2.45) is 12.8 Å². The third kappa shape index (κ3) is 1.73. The summed E-state index contributed by atoms with van der Waals surface area (Å²) in [5.74, 6) is 0.216. The second kappa shape index (κ2) is 3.78. The summed E-state index contributed by atoms with van der Waals surface area (Å²) in [5.41, 5.74) is 6.31. The van der Waals surface area contributed by atoms with E-state index in [1.165, 1.54) is 6.20 Å². The van der Waals surface area contributed by atoms with Crippen molar-refractivity contribution in [3.05, 3.63) is 48.1 Å². The number of rotatable bonds is 2. The van der Waals surface area contributed by atoms with Crippen molar-refractivity contribution >= 4 is 0 Å². The van der Waals surface area contributed by atoms with Gasteiger partial charge < -0.3 is 10.3 Å². The number of pyridine rings is 1. The van der Waals surface area contributed by atoms with Gasteiger partial charge in [-0.3, -0.25) is 4.98 Å². The van der Waals surface area contributed by atoms with E-state index in [2.05, 4.69) is 9.97 Å². The van der Waals surface area contributed by atoms with Crippen LogP contribution in [-0.2, 0) is 7.05 Å². The highest BCUT2D eigenvalue weighted by Crippen LogP contribution is 2.19. The van der Waals surface area contributed by atoms with Crippen LogP contribution in [0.25, 0.3) is 0 Å². The maximum Gasteiger partial charge on any atom is 0.146 e. The fourth-order valence-electron chi connectivity index (χ4n) is 1.45. The lowest BCUT2D eigenvalue weighted by Gasteiger charge is -2.12.